The van der Waals surface area contributed by atoms with E-state index in [1.807, 2.05) is 61.0 Å². The average molecular weight is 399 g/mol. The molecule has 152 valence electrons. The highest BCUT2D eigenvalue weighted by Gasteiger charge is 2.12. The monoisotopic (exact) mass is 399 g/mol. The van der Waals surface area contributed by atoms with E-state index in [1.54, 1.807) is 6.20 Å². The van der Waals surface area contributed by atoms with Gasteiger partial charge in [-0.05, 0) is 50.1 Å². The van der Waals surface area contributed by atoms with Gasteiger partial charge in [-0.3, -0.25) is 9.59 Å². The number of hydrogen-bond acceptors (Lipinski definition) is 2. The van der Waals surface area contributed by atoms with Gasteiger partial charge in [0.15, 0.2) is 0 Å². The first-order valence-corrected chi connectivity index (χ1v) is 10.0. The summed E-state index contributed by atoms with van der Waals surface area (Å²) in [6.07, 6.45) is 3.61. The van der Waals surface area contributed by atoms with Gasteiger partial charge in [0.05, 0.1) is 0 Å². The Morgan fingerprint density at radius 3 is 2.37 bits per heavy atom. The molecule has 0 saturated heterocycles. The standard InChI is InChI=1S/C25H25N3O2/c1-17-5-4-6-20(14-17)15-27-11-9-21-10-12-28(25(30)24(21)27)16-23(29)26-22-8-7-18(2)13-19(22)3/h4-14H,15-16H2,1-3H3,(H,26,29). The second-order valence-electron chi connectivity index (χ2n) is 7.85. The first-order chi connectivity index (χ1) is 14.4. The van der Waals surface area contributed by atoms with Crippen LogP contribution in [0.2, 0.25) is 0 Å². The molecule has 4 rings (SSSR count). The molecule has 0 radical (unpaired) electrons. The van der Waals surface area contributed by atoms with Gasteiger partial charge in [0.2, 0.25) is 5.91 Å². The van der Waals surface area contributed by atoms with Gasteiger partial charge in [-0.1, -0.05) is 47.5 Å². The Morgan fingerprint density at radius 1 is 0.900 bits per heavy atom. The third kappa shape index (κ3) is 4.06. The summed E-state index contributed by atoms with van der Waals surface area (Å²) in [6.45, 7) is 6.60. The van der Waals surface area contributed by atoms with Crippen LogP contribution in [0.15, 0.2) is 71.8 Å². The number of nitrogens with one attached hydrogen (secondary N) is 1. The predicted octanol–water partition coefficient (Wildman–Crippen LogP) is 4.42. The molecule has 1 N–H and O–H groups in total. The zero-order valence-electron chi connectivity index (χ0n) is 17.5. The number of rotatable bonds is 5. The van der Waals surface area contributed by atoms with E-state index in [2.05, 4.69) is 30.4 Å². The minimum Gasteiger partial charge on any atom is -0.339 e. The van der Waals surface area contributed by atoms with Crippen LogP contribution in [0.5, 0.6) is 0 Å². The molecule has 0 saturated carbocycles. The molecule has 1 amide bonds. The summed E-state index contributed by atoms with van der Waals surface area (Å²) in [5.41, 5.74) is 5.67. The van der Waals surface area contributed by atoms with E-state index in [0.29, 0.717) is 12.1 Å². The number of aromatic nitrogens is 2. The lowest BCUT2D eigenvalue weighted by Crippen LogP contribution is -2.28. The van der Waals surface area contributed by atoms with Crippen molar-refractivity contribution in [2.24, 2.45) is 0 Å². The van der Waals surface area contributed by atoms with Crippen molar-refractivity contribution in [3.63, 3.8) is 0 Å². The van der Waals surface area contributed by atoms with Crippen LogP contribution in [0.1, 0.15) is 22.3 Å². The molecule has 2 aromatic carbocycles. The summed E-state index contributed by atoms with van der Waals surface area (Å²) in [6, 6.07) is 17.9. The molecule has 30 heavy (non-hydrogen) atoms. The van der Waals surface area contributed by atoms with Crippen molar-refractivity contribution < 1.29 is 4.79 Å². The number of hydrogen-bond donors (Lipinski definition) is 1. The van der Waals surface area contributed by atoms with Crippen LogP contribution >= 0.6 is 0 Å². The first kappa shape index (κ1) is 19.7. The van der Waals surface area contributed by atoms with Crippen molar-refractivity contribution in [2.45, 2.75) is 33.9 Å². The highest BCUT2D eigenvalue weighted by atomic mass is 16.2. The van der Waals surface area contributed by atoms with Crippen molar-refractivity contribution >= 4 is 22.5 Å². The molecule has 0 fully saturated rings. The summed E-state index contributed by atoms with van der Waals surface area (Å²) >= 11 is 0. The molecule has 5 heteroatoms. The van der Waals surface area contributed by atoms with Crippen LogP contribution in [0.25, 0.3) is 10.9 Å². The Balaban J connectivity index is 1.59. The largest absolute Gasteiger partial charge is 0.339 e. The van der Waals surface area contributed by atoms with Gasteiger partial charge in [0, 0.05) is 30.0 Å². The molecule has 0 aliphatic carbocycles. The normalized spacial score (nSPS) is 11.0. The van der Waals surface area contributed by atoms with Gasteiger partial charge in [0.25, 0.3) is 5.56 Å². The van der Waals surface area contributed by atoms with Crippen molar-refractivity contribution in [1.82, 2.24) is 9.13 Å². The topological polar surface area (TPSA) is 56.0 Å². The minimum atomic E-state index is -0.222. The summed E-state index contributed by atoms with van der Waals surface area (Å²) in [5, 5.41) is 3.78. The molecule has 0 aliphatic heterocycles. The number of benzene rings is 2. The Hall–Kier alpha value is -3.60. The molecule has 2 aromatic heterocycles. The highest BCUT2D eigenvalue weighted by Crippen LogP contribution is 2.17. The fourth-order valence-electron chi connectivity index (χ4n) is 3.81. The van der Waals surface area contributed by atoms with Crippen LogP contribution in [-0.2, 0) is 17.9 Å². The Morgan fingerprint density at radius 2 is 1.63 bits per heavy atom. The molecule has 4 aromatic rings. The van der Waals surface area contributed by atoms with E-state index in [-0.39, 0.29) is 18.0 Å². The smallest absolute Gasteiger partial charge is 0.275 e. The quantitative estimate of drug-likeness (QED) is 0.540. The van der Waals surface area contributed by atoms with Gasteiger partial charge in [-0.25, -0.2) is 0 Å². The summed E-state index contributed by atoms with van der Waals surface area (Å²) in [5.74, 6) is -0.222. The lowest BCUT2D eigenvalue weighted by Gasteiger charge is -2.11. The maximum atomic E-state index is 13.1. The van der Waals surface area contributed by atoms with Crippen LogP contribution in [0.4, 0.5) is 5.69 Å². The Labute approximate surface area is 175 Å². The maximum absolute atomic E-state index is 13.1. The van der Waals surface area contributed by atoms with E-state index in [9.17, 15) is 9.59 Å². The predicted molar refractivity (Wildman–Crippen MR) is 121 cm³/mol. The maximum Gasteiger partial charge on any atom is 0.275 e. The number of pyridine rings is 1. The minimum absolute atomic E-state index is 0.0300. The fraction of sp³-hybridized carbons (Fsp3) is 0.200. The number of anilines is 1. The zero-order valence-corrected chi connectivity index (χ0v) is 17.5. The Bertz CT molecular complexity index is 1300. The van der Waals surface area contributed by atoms with Crippen LogP contribution < -0.4 is 10.9 Å². The number of nitrogens with zero attached hydrogens (tertiary/aromatic N) is 2. The number of amides is 1. The zero-order chi connectivity index (χ0) is 21.3. The molecule has 0 bridgehead atoms. The highest BCUT2D eigenvalue weighted by molar-refractivity contribution is 5.91. The second-order valence-corrected chi connectivity index (χ2v) is 7.85. The first-order valence-electron chi connectivity index (χ1n) is 10.0. The lowest BCUT2D eigenvalue weighted by molar-refractivity contribution is -0.116. The van der Waals surface area contributed by atoms with Crippen molar-refractivity contribution in [3.8, 4) is 0 Å². The van der Waals surface area contributed by atoms with Gasteiger partial charge in [-0.15, -0.1) is 0 Å². The molecule has 0 atom stereocenters. The summed E-state index contributed by atoms with van der Waals surface area (Å²) in [4.78, 5) is 25.7. The van der Waals surface area contributed by atoms with Crippen molar-refractivity contribution in [1.29, 1.82) is 0 Å². The van der Waals surface area contributed by atoms with Crippen LogP contribution in [0.3, 0.4) is 0 Å². The SMILES string of the molecule is Cc1cccc(Cn2ccc3ccn(CC(=O)Nc4ccc(C)cc4C)c(=O)c32)c1. The van der Waals surface area contributed by atoms with E-state index >= 15 is 0 Å². The summed E-state index contributed by atoms with van der Waals surface area (Å²) < 4.78 is 3.42. The van der Waals surface area contributed by atoms with Crippen molar-refractivity contribution in [2.75, 3.05) is 5.32 Å². The average Bonchev–Trinajstić information content (AvgIpc) is 3.10. The van der Waals surface area contributed by atoms with Crippen LogP contribution in [0, 0.1) is 20.8 Å². The van der Waals surface area contributed by atoms with Gasteiger partial charge < -0.3 is 14.5 Å². The van der Waals surface area contributed by atoms with Gasteiger partial charge in [-0.2, -0.15) is 0 Å². The van der Waals surface area contributed by atoms with E-state index in [1.165, 1.54) is 10.1 Å². The lowest BCUT2D eigenvalue weighted by atomic mass is 10.1. The van der Waals surface area contributed by atoms with E-state index in [4.69, 9.17) is 0 Å². The Kier molecular flexibility index (Phi) is 5.27. The molecule has 2 heterocycles. The van der Waals surface area contributed by atoms with Crippen LogP contribution in [-0.4, -0.2) is 15.0 Å². The summed E-state index contributed by atoms with van der Waals surface area (Å²) in [7, 11) is 0. The molecule has 0 aliphatic rings. The van der Waals surface area contributed by atoms with E-state index in [0.717, 1.165) is 27.8 Å². The molecule has 0 spiro atoms. The van der Waals surface area contributed by atoms with E-state index < -0.39 is 0 Å². The number of carbonyl (C=O) groups is 1. The second kappa shape index (κ2) is 8.03. The molecule has 5 nitrogen and oxygen atoms in total. The number of fused-ring (bicyclic) bond motifs is 1. The van der Waals surface area contributed by atoms with Gasteiger partial charge in [0.1, 0.15) is 12.1 Å². The van der Waals surface area contributed by atoms with Crippen molar-refractivity contribution in [3.05, 3.63) is 99.6 Å². The third-order valence-corrected chi connectivity index (χ3v) is 5.30. The fourth-order valence-corrected chi connectivity index (χ4v) is 3.81. The van der Waals surface area contributed by atoms with Gasteiger partial charge >= 0.3 is 0 Å². The number of aryl methyl sites for hydroxylation is 3. The third-order valence-electron chi connectivity index (χ3n) is 5.30. The molecular weight excluding hydrogens is 374 g/mol. The molecular formula is C25H25N3O2. The number of carbonyl (C=O) groups excluding carboxylic acids is 1. The molecule has 0 unspecified atom stereocenters.